The Balaban J connectivity index is 3.24. The maximum atomic E-state index is 11.6. The molecule has 0 atom stereocenters. The zero-order valence-electron chi connectivity index (χ0n) is 10.1. The van der Waals surface area contributed by atoms with Crippen LogP contribution in [0.1, 0.15) is 11.5 Å². The molecule has 1 rings (SSSR count). The van der Waals surface area contributed by atoms with Crippen LogP contribution in [0, 0.1) is 10.1 Å². The molecule has 0 aliphatic carbocycles. The molecular weight excluding hydrogens is 322 g/mol. The third kappa shape index (κ3) is 3.28. The van der Waals surface area contributed by atoms with Gasteiger partial charge in [-0.1, -0.05) is 6.07 Å². The highest BCUT2D eigenvalue weighted by Gasteiger charge is 2.31. The van der Waals surface area contributed by atoms with Crippen molar-refractivity contribution in [2.45, 2.75) is 5.92 Å². The molecule has 0 radical (unpaired) electrons. The second-order valence-corrected chi connectivity index (χ2v) is 4.30. The van der Waals surface area contributed by atoms with Crippen molar-refractivity contribution in [3.05, 3.63) is 38.3 Å². The monoisotopic (exact) mass is 331 g/mol. The van der Waals surface area contributed by atoms with Crippen LogP contribution in [0.2, 0.25) is 0 Å². The first kappa shape index (κ1) is 15.1. The molecule has 0 heterocycles. The topological polar surface area (TPSA) is 95.7 Å². The first-order valence-electron chi connectivity index (χ1n) is 5.01. The lowest BCUT2D eigenvalue weighted by molar-refractivity contribution is -0.385. The largest absolute Gasteiger partial charge is 0.468 e. The third-order valence-electron chi connectivity index (χ3n) is 2.38. The second kappa shape index (κ2) is 6.28. The Kier molecular flexibility index (Phi) is 4.99. The summed E-state index contributed by atoms with van der Waals surface area (Å²) in [6.45, 7) is 0. The standard InChI is InChI=1S/C11H10BrNO6/c1-18-10(14)9(11(15)19-2)6-3-4-8(13(16)17)7(12)5-6/h3-5,9H,1-2H3. The van der Waals surface area contributed by atoms with Crippen LogP contribution < -0.4 is 0 Å². The van der Waals surface area contributed by atoms with E-state index >= 15 is 0 Å². The lowest BCUT2D eigenvalue weighted by Gasteiger charge is -2.12. The van der Waals surface area contributed by atoms with Gasteiger partial charge in [-0.3, -0.25) is 19.7 Å². The molecule has 0 aliphatic heterocycles. The van der Waals surface area contributed by atoms with Gasteiger partial charge in [-0.15, -0.1) is 0 Å². The van der Waals surface area contributed by atoms with E-state index in [9.17, 15) is 19.7 Å². The molecule has 0 saturated carbocycles. The fraction of sp³-hybridized carbons (Fsp3) is 0.273. The van der Waals surface area contributed by atoms with Crippen LogP contribution in [-0.4, -0.2) is 31.1 Å². The molecule has 0 aliphatic rings. The molecule has 0 fully saturated rings. The number of carbonyl (C=O) groups is 2. The number of benzene rings is 1. The number of nitro benzene ring substituents is 1. The van der Waals surface area contributed by atoms with Crippen molar-refractivity contribution in [3.8, 4) is 0 Å². The Morgan fingerprint density at radius 3 is 2.16 bits per heavy atom. The van der Waals surface area contributed by atoms with Crippen LogP contribution in [0.4, 0.5) is 5.69 Å². The van der Waals surface area contributed by atoms with E-state index in [1.54, 1.807) is 0 Å². The Bertz CT molecular complexity index is 514. The minimum atomic E-state index is -1.27. The molecule has 0 bridgehead atoms. The highest BCUT2D eigenvalue weighted by Crippen LogP contribution is 2.29. The van der Waals surface area contributed by atoms with Crippen LogP contribution in [-0.2, 0) is 19.1 Å². The van der Waals surface area contributed by atoms with E-state index in [4.69, 9.17) is 0 Å². The number of hydrogen-bond acceptors (Lipinski definition) is 6. The molecule has 8 heteroatoms. The summed E-state index contributed by atoms with van der Waals surface area (Å²) in [7, 11) is 2.28. The molecule has 1 aromatic carbocycles. The molecule has 7 nitrogen and oxygen atoms in total. The number of esters is 2. The first-order valence-corrected chi connectivity index (χ1v) is 5.81. The van der Waals surface area contributed by atoms with Crippen molar-refractivity contribution in [1.82, 2.24) is 0 Å². The van der Waals surface area contributed by atoms with Crippen molar-refractivity contribution in [2.75, 3.05) is 14.2 Å². The normalized spacial score (nSPS) is 10.1. The molecule has 0 amide bonds. The Morgan fingerprint density at radius 1 is 1.26 bits per heavy atom. The maximum absolute atomic E-state index is 11.6. The van der Waals surface area contributed by atoms with Gasteiger partial charge in [0.15, 0.2) is 5.92 Å². The van der Waals surface area contributed by atoms with E-state index in [1.807, 2.05) is 0 Å². The summed E-state index contributed by atoms with van der Waals surface area (Å²) in [5, 5.41) is 10.7. The average Bonchev–Trinajstić information content (AvgIpc) is 2.38. The van der Waals surface area contributed by atoms with Gasteiger partial charge >= 0.3 is 11.9 Å². The summed E-state index contributed by atoms with van der Waals surface area (Å²) in [5.41, 5.74) is 0.0772. The van der Waals surface area contributed by atoms with Crippen molar-refractivity contribution >= 4 is 33.6 Å². The number of hydrogen-bond donors (Lipinski definition) is 0. The van der Waals surface area contributed by atoms with E-state index in [0.29, 0.717) is 0 Å². The number of halogens is 1. The molecule has 0 N–H and O–H groups in total. The molecule has 19 heavy (non-hydrogen) atoms. The molecule has 0 unspecified atom stereocenters. The van der Waals surface area contributed by atoms with Gasteiger partial charge in [0.2, 0.25) is 0 Å². The lowest BCUT2D eigenvalue weighted by Crippen LogP contribution is -2.24. The minimum Gasteiger partial charge on any atom is -0.468 e. The molecule has 1 aromatic rings. The third-order valence-corrected chi connectivity index (χ3v) is 3.01. The number of methoxy groups -OCH3 is 2. The fourth-order valence-corrected chi connectivity index (χ4v) is 2.00. The van der Waals surface area contributed by atoms with Crippen molar-refractivity contribution in [2.24, 2.45) is 0 Å². The smallest absolute Gasteiger partial charge is 0.324 e. The van der Waals surface area contributed by atoms with Gasteiger partial charge in [0.25, 0.3) is 5.69 Å². The summed E-state index contributed by atoms with van der Waals surface area (Å²) in [6, 6.07) is 3.82. The fourth-order valence-electron chi connectivity index (χ4n) is 1.45. The van der Waals surface area contributed by atoms with Gasteiger partial charge in [0.05, 0.1) is 23.6 Å². The zero-order chi connectivity index (χ0) is 14.6. The summed E-state index contributed by atoms with van der Waals surface area (Å²) >= 11 is 3.01. The van der Waals surface area contributed by atoms with Gasteiger partial charge in [0.1, 0.15) is 0 Å². The first-order chi connectivity index (χ1) is 8.92. The summed E-state index contributed by atoms with van der Waals surface area (Å²) in [5.74, 6) is -2.87. The average molecular weight is 332 g/mol. The number of ether oxygens (including phenoxy) is 2. The van der Waals surface area contributed by atoms with E-state index in [-0.39, 0.29) is 15.7 Å². The van der Waals surface area contributed by atoms with Gasteiger partial charge in [-0.05, 0) is 27.6 Å². The number of carbonyl (C=O) groups excluding carboxylic acids is 2. The minimum absolute atomic E-state index is 0.160. The van der Waals surface area contributed by atoms with Gasteiger partial charge in [-0.25, -0.2) is 0 Å². The Morgan fingerprint density at radius 2 is 1.79 bits per heavy atom. The predicted molar refractivity (Wildman–Crippen MR) is 67.6 cm³/mol. The molecule has 0 aromatic heterocycles. The Hall–Kier alpha value is -1.96. The molecule has 102 valence electrons. The number of rotatable bonds is 4. The van der Waals surface area contributed by atoms with Crippen LogP contribution in [0.5, 0.6) is 0 Å². The predicted octanol–water partition coefficient (Wildman–Crippen LogP) is 1.79. The van der Waals surface area contributed by atoms with Crippen LogP contribution in [0.15, 0.2) is 22.7 Å². The number of nitro groups is 1. The second-order valence-electron chi connectivity index (χ2n) is 3.45. The summed E-state index contributed by atoms with van der Waals surface area (Å²) in [4.78, 5) is 33.2. The summed E-state index contributed by atoms with van der Waals surface area (Å²) in [6.07, 6.45) is 0. The molecule has 0 saturated heterocycles. The van der Waals surface area contributed by atoms with E-state index < -0.39 is 22.8 Å². The molecule has 0 spiro atoms. The van der Waals surface area contributed by atoms with Gasteiger partial charge in [0, 0.05) is 6.07 Å². The quantitative estimate of drug-likeness (QED) is 0.361. The number of nitrogens with zero attached hydrogens (tertiary/aromatic N) is 1. The zero-order valence-corrected chi connectivity index (χ0v) is 11.7. The van der Waals surface area contributed by atoms with Crippen molar-refractivity contribution < 1.29 is 24.0 Å². The van der Waals surface area contributed by atoms with Crippen molar-refractivity contribution in [3.63, 3.8) is 0 Å². The van der Waals surface area contributed by atoms with E-state index in [0.717, 1.165) is 14.2 Å². The van der Waals surface area contributed by atoms with Gasteiger partial charge < -0.3 is 9.47 Å². The summed E-state index contributed by atoms with van der Waals surface area (Å²) < 4.78 is 9.20. The van der Waals surface area contributed by atoms with Crippen LogP contribution in [0.25, 0.3) is 0 Å². The highest BCUT2D eigenvalue weighted by molar-refractivity contribution is 9.10. The maximum Gasteiger partial charge on any atom is 0.324 e. The van der Waals surface area contributed by atoms with Crippen molar-refractivity contribution in [1.29, 1.82) is 0 Å². The Labute approximate surface area is 116 Å². The molecular formula is C11H10BrNO6. The van der Waals surface area contributed by atoms with Gasteiger partial charge in [-0.2, -0.15) is 0 Å². The lowest BCUT2D eigenvalue weighted by atomic mass is 9.99. The van der Waals surface area contributed by atoms with E-state index in [1.165, 1.54) is 18.2 Å². The van der Waals surface area contributed by atoms with Crippen LogP contribution in [0.3, 0.4) is 0 Å². The highest BCUT2D eigenvalue weighted by atomic mass is 79.9. The SMILES string of the molecule is COC(=O)C(C(=O)OC)c1ccc([N+](=O)[O-])c(Br)c1. The van der Waals surface area contributed by atoms with E-state index in [2.05, 4.69) is 25.4 Å². The van der Waals surface area contributed by atoms with Crippen LogP contribution >= 0.6 is 15.9 Å².